The van der Waals surface area contributed by atoms with Crippen LogP contribution in [0.1, 0.15) is 85.0 Å². The number of amides is 1. The number of rotatable bonds is 28. The smallest absolute Gasteiger partial charge is 0.320 e. The van der Waals surface area contributed by atoms with Crippen LogP contribution in [0.25, 0.3) is 21.8 Å². The Balaban J connectivity index is 1.26. The summed E-state index contributed by atoms with van der Waals surface area (Å²) in [5.74, 6) is -1.55. The molecule has 0 radical (unpaired) electrons. The summed E-state index contributed by atoms with van der Waals surface area (Å²) in [7, 11) is 0. The first-order chi connectivity index (χ1) is 25.8. The molecule has 3 rings (SSSR count). The summed E-state index contributed by atoms with van der Waals surface area (Å²) in [5.41, 5.74) is 3.22. The average Bonchev–Trinajstić information content (AvgIpc) is 3.13. The number of esters is 3. The molecule has 292 valence electrons. The van der Waals surface area contributed by atoms with Crippen molar-refractivity contribution < 1.29 is 33.4 Å². The summed E-state index contributed by atoms with van der Waals surface area (Å²) in [6.45, 7) is 7.59. The highest BCUT2D eigenvalue weighted by atomic mass is 16.5. The minimum Gasteiger partial charge on any atom is -0.465 e. The predicted octanol–water partition coefficient (Wildman–Crippen LogP) is 6.11. The van der Waals surface area contributed by atoms with Crippen LogP contribution in [0.5, 0.6) is 0 Å². The topological polar surface area (TPSA) is 139 Å². The van der Waals surface area contributed by atoms with E-state index in [2.05, 4.69) is 47.0 Å². The van der Waals surface area contributed by atoms with Gasteiger partial charge in [-0.1, -0.05) is 87.8 Å². The molecule has 0 atom stereocenters. The van der Waals surface area contributed by atoms with E-state index in [0.717, 1.165) is 43.3 Å². The van der Waals surface area contributed by atoms with E-state index in [0.29, 0.717) is 6.54 Å². The summed E-state index contributed by atoms with van der Waals surface area (Å²) in [6.07, 6.45) is 11.6. The first-order valence-corrected chi connectivity index (χ1v) is 19.5. The summed E-state index contributed by atoms with van der Waals surface area (Å²) in [4.78, 5) is 57.3. The van der Waals surface area contributed by atoms with Gasteiger partial charge in [0.1, 0.15) is 0 Å². The van der Waals surface area contributed by atoms with E-state index in [4.69, 9.17) is 19.2 Å². The average molecular weight is 736 g/mol. The Morgan fingerprint density at radius 3 is 1.40 bits per heavy atom. The fourth-order valence-corrected chi connectivity index (χ4v) is 6.27. The Morgan fingerprint density at radius 2 is 0.943 bits per heavy atom. The third-order valence-electron chi connectivity index (χ3n) is 8.89. The molecule has 3 aromatic rings. The molecule has 0 aliphatic heterocycles. The quantitative estimate of drug-likeness (QED) is 0.0387. The van der Waals surface area contributed by atoms with Crippen LogP contribution in [-0.4, -0.2) is 111 Å². The van der Waals surface area contributed by atoms with Gasteiger partial charge in [0.05, 0.1) is 62.7 Å². The summed E-state index contributed by atoms with van der Waals surface area (Å²) >= 11 is 0. The fourth-order valence-electron chi connectivity index (χ4n) is 6.27. The van der Waals surface area contributed by atoms with Crippen LogP contribution < -0.4 is 10.6 Å². The van der Waals surface area contributed by atoms with E-state index in [9.17, 15) is 19.2 Å². The lowest BCUT2D eigenvalue weighted by Crippen LogP contribution is -2.46. The maximum absolute atomic E-state index is 12.8. The van der Waals surface area contributed by atoms with Crippen LogP contribution in [0, 0.1) is 0 Å². The number of fused-ring (bicyclic) bond motifs is 2. The number of carbonyl (C=O) groups is 4. The van der Waals surface area contributed by atoms with E-state index in [-0.39, 0.29) is 65.0 Å². The maximum Gasteiger partial charge on any atom is 0.320 e. The minimum absolute atomic E-state index is 0.000910. The van der Waals surface area contributed by atoms with Crippen LogP contribution >= 0.6 is 0 Å². The van der Waals surface area contributed by atoms with Gasteiger partial charge < -0.3 is 24.8 Å². The Hall–Kier alpha value is -4.29. The molecule has 0 saturated heterocycles. The number of benzene rings is 2. The lowest BCUT2D eigenvalue weighted by atomic mass is 10.1. The number of unbranched alkanes of at least 4 members (excludes halogenated alkanes) is 9. The minimum atomic E-state index is -0.462. The summed E-state index contributed by atoms with van der Waals surface area (Å²) in [6, 6.07) is 16.6. The monoisotopic (exact) mass is 735 g/mol. The molecule has 0 aliphatic rings. The van der Waals surface area contributed by atoms with Gasteiger partial charge in [-0.05, 0) is 45.7 Å². The largest absolute Gasteiger partial charge is 0.465 e. The lowest BCUT2D eigenvalue weighted by Gasteiger charge is -2.25. The van der Waals surface area contributed by atoms with E-state index in [1.807, 2.05) is 12.1 Å². The van der Waals surface area contributed by atoms with Gasteiger partial charge in [-0.25, -0.2) is 4.98 Å². The van der Waals surface area contributed by atoms with Crippen molar-refractivity contribution in [1.82, 2.24) is 20.1 Å². The first-order valence-electron chi connectivity index (χ1n) is 19.5. The molecular weight excluding hydrogens is 674 g/mol. The zero-order chi connectivity index (χ0) is 38.1. The van der Waals surface area contributed by atoms with Crippen molar-refractivity contribution in [3.05, 3.63) is 48.5 Å². The molecule has 0 fully saturated rings. The molecule has 0 aliphatic carbocycles. The highest BCUT2D eigenvalue weighted by Gasteiger charge is 2.20. The van der Waals surface area contributed by atoms with Gasteiger partial charge in [-0.2, -0.15) is 0 Å². The third kappa shape index (κ3) is 16.9. The second-order valence-corrected chi connectivity index (χ2v) is 13.2. The SMILES string of the molecule is CCOC(=O)CN(CCN(CC(=O)OCC)CC(=O)OCC)CC(=O)NCCCCCCCCCCCCNc1c2ccccc2nc2ccccc12. The normalized spacial score (nSPS) is 11.3. The molecule has 53 heavy (non-hydrogen) atoms. The van der Waals surface area contributed by atoms with Crippen LogP contribution in [0.4, 0.5) is 5.69 Å². The van der Waals surface area contributed by atoms with Gasteiger partial charge in [-0.15, -0.1) is 0 Å². The van der Waals surface area contributed by atoms with Crippen molar-refractivity contribution >= 4 is 51.3 Å². The molecule has 0 saturated carbocycles. The molecule has 0 bridgehead atoms. The van der Waals surface area contributed by atoms with E-state index >= 15 is 0 Å². The second-order valence-electron chi connectivity index (χ2n) is 13.2. The highest BCUT2D eigenvalue weighted by molar-refractivity contribution is 6.07. The number of nitrogens with one attached hydrogen (secondary N) is 2. The van der Waals surface area contributed by atoms with Crippen molar-refractivity contribution in [3.63, 3.8) is 0 Å². The second kappa shape index (κ2) is 25.6. The number of hydrogen-bond donors (Lipinski definition) is 2. The summed E-state index contributed by atoms with van der Waals surface area (Å²) < 4.78 is 15.2. The van der Waals surface area contributed by atoms with Crippen molar-refractivity contribution in [2.75, 3.05) is 77.5 Å². The molecule has 2 N–H and O–H groups in total. The molecule has 1 heterocycles. The standard InChI is InChI=1S/C41H61N5O7/c1-4-51-38(48)30-45(27-28-46(31-39(49)52-5-2)32-40(50)53-6-3)29-37(47)42-25-19-13-11-9-7-8-10-12-14-20-26-43-41-33-21-15-17-23-35(33)44-36-24-18-16-22-34(36)41/h15-18,21-24H,4-14,19-20,25-32H2,1-3H3,(H,42,47)(H,43,44). The first kappa shape index (κ1) is 43.1. The number of carbonyl (C=O) groups excluding carboxylic acids is 4. The van der Waals surface area contributed by atoms with Crippen molar-refractivity contribution in [3.8, 4) is 0 Å². The Labute approximate surface area is 315 Å². The molecule has 1 aromatic heterocycles. The molecule has 0 spiro atoms. The molecule has 12 heteroatoms. The molecular formula is C41H61N5O7. The Morgan fingerprint density at radius 1 is 0.547 bits per heavy atom. The van der Waals surface area contributed by atoms with E-state index in [1.165, 1.54) is 55.0 Å². The van der Waals surface area contributed by atoms with Crippen LogP contribution in [0.3, 0.4) is 0 Å². The van der Waals surface area contributed by atoms with E-state index in [1.54, 1.807) is 30.6 Å². The third-order valence-corrected chi connectivity index (χ3v) is 8.89. The van der Waals surface area contributed by atoms with Crippen LogP contribution in [0.15, 0.2) is 48.5 Å². The van der Waals surface area contributed by atoms with Crippen LogP contribution in [-0.2, 0) is 33.4 Å². The highest BCUT2D eigenvalue weighted by Crippen LogP contribution is 2.30. The maximum atomic E-state index is 12.8. The number of para-hydroxylation sites is 2. The van der Waals surface area contributed by atoms with Crippen LogP contribution in [0.2, 0.25) is 0 Å². The number of pyridine rings is 1. The molecule has 12 nitrogen and oxygen atoms in total. The van der Waals surface area contributed by atoms with Crippen molar-refractivity contribution in [2.45, 2.75) is 85.0 Å². The molecule has 1 amide bonds. The Kier molecular flexibility index (Phi) is 20.9. The number of anilines is 1. The predicted molar refractivity (Wildman–Crippen MR) is 210 cm³/mol. The molecule has 0 unspecified atom stereocenters. The number of ether oxygens (including phenoxy) is 3. The summed E-state index contributed by atoms with van der Waals surface area (Å²) in [5, 5.41) is 9.01. The number of nitrogens with zero attached hydrogens (tertiary/aromatic N) is 3. The lowest BCUT2D eigenvalue weighted by molar-refractivity contribution is -0.149. The van der Waals surface area contributed by atoms with Gasteiger partial charge in [0, 0.05) is 37.0 Å². The Bertz CT molecular complexity index is 1480. The van der Waals surface area contributed by atoms with Gasteiger partial charge in [0.2, 0.25) is 5.91 Å². The number of hydrogen-bond acceptors (Lipinski definition) is 11. The zero-order valence-corrected chi connectivity index (χ0v) is 32.2. The van der Waals surface area contributed by atoms with Gasteiger partial charge in [0.15, 0.2) is 0 Å². The zero-order valence-electron chi connectivity index (χ0n) is 32.2. The molecule has 2 aromatic carbocycles. The fraction of sp³-hybridized carbons (Fsp3) is 0.585. The van der Waals surface area contributed by atoms with E-state index < -0.39 is 17.9 Å². The van der Waals surface area contributed by atoms with Crippen molar-refractivity contribution in [1.29, 1.82) is 0 Å². The van der Waals surface area contributed by atoms with Gasteiger partial charge in [-0.3, -0.25) is 29.0 Å². The number of aromatic nitrogens is 1. The van der Waals surface area contributed by atoms with Gasteiger partial charge in [0.25, 0.3) is 0 Å². The van der Waals surface area contributed by atoms with Gasteiger partial charge >= 0.3 is 17.9 Å². The van der Waals surface area contributed by atoms with Crippen molar-refractivity contribution in [2.24, 2.45) is 0 Å².